The van der Waals surface area contributed by atoms with E-state index in [0.717, 1.165) is 34.4 Å². The van der Waals surface area contributed by atoms with Crippen LogP contribution in [0.15, 0.2) is 36.5 Å². The van der Waals surface area contributed by atoms with Crippen LogP contribution in [0.25, 0.3) is 0 Å². The number of hydrogen-bond acceptors (Lipinski definition) is 3. The Balaban J connectivity index is 2.03. The minimum atomic E-state index is -4.57. The van der Waals surface area contributed by atoms with Gasteiger partial charge in [0.05, 0.1) is 12.1 Å². The lowest BCUT2D eigenvalue weighted by Crippen LogP contribution is -2.35. The molecule has 0 saturated heterocycles. The summed E-state index contributed by atoms with van der Waals surface area (Å²) in [6.45, 7) is 3.46. The average Bonchev–Trinajstić information content (AvgIpc) is 2.57. The number of halogens is 3. The number of benzene rings is 1. The van der Waals surface area contributed by atoms with Gasteiger partial charge in [-0.15, -0.1) is 0 Å². The third kappa shape index (κ3) is 4.59. The molecule has 2 rings (SSSR count). The molecule has 0 aliphatic heterocycles. The molecular formula is C18H18F3N3O2. The Morgan fingerprint density at radius 1 is 1.12 bits per heavy atom. The molecule has 8 heteroatoms. The summed E-state index contributed by atoms with van der Waals surface area (Å²) in [5.74, 6) is -0.999. The highest BCUT2D eigenvalue weighted by Crippen LogP contribution is 2.27. The van der Waals surface area contributed by atoms with Crippen molar-refractivity contribution in [1.82, 2.24) is 9.88 Å². The Bertz CT molecular complexity index is 797. The molecule has 1 heterocycles. The van der Waals surface area contributed by atoms with Crippen molar-refractivity contribution in [2.24, 2.45) is 0 Å². The van der Waals surface area contributed by atoms with Crippen molar-refractivity contribution in [2.45, 2.75) is 20.0 Å². The van der Waals surface area contributed by atoms with Crippen LogP contribution in [0.5, 0.6) is 0 Å². The first-order chi connectivity index (χ1) is 12.1. The number of aryl methyl sites for hydroxylation is 2. The fourth-order valence-electron chi connectivity index (χ4n) is 2.39. The smallest absolute Gasteiger partial charge is 0.332 e. The van der Waals surface area contributed by atoms with Gasteiger partial charge in [0.2, 0.25) is 5.91 Å². The van der Waals surface area contributed by atoms with Crippen LogP contribution >= 0.6 is 0 Å². The second kappa shape index (κ2) is 7.55. The maximum absolute atomic E-state index is 12.5. The van der Waals surface area contributed by atoms with Gasteiger partial charge in [0.1, 0.15) is 5.69 Å². The maximum Gasteiger partial charge on any atom is 0.433 e. The topological polar surface area (TPSA) is 62.3 Å². The van der Waals surface area contributed by atoms with Crippen LogP contribution < -0.4 is 5.32 Å². The van der Waals surface area contributed by atoms with E-state index in [1.54, 1.807) is 0 Å². The van der Waals surface area contributed by atoms with Crippen LogP contribution in [0.3, 0.4) is 0 Å². The predicted octanol–water partition coefficient (Wildman–Crippen LogP) is 3.43. The zero-order chi connectivity index (χ0) is 19.5. The molecule has 0 aliphatic rings. The number of para-hydroxylation sites is 1. The molecule has 2 amide bonds. The number of aromatic nitrogens is 1. The van der Waals surface area contributed by atoms with Gasteiger partial charge in [-0.3, -0.25) is 14.6 Å². The van der Waals surface area contributed by atoms with E-state index in [0.29, 0.717) is 5.69 Å². The summed E-state index contributed by atoms with van der Waals surface area (Å²) < 4.78 is 37.5. The summed E-state index contributed by atoms with van der Waals surface area (Å²) in [6, 6.07) is 7.35. The van der Waals surface area contributed by atoms with Crippen molar-refractivity contribution in [3.8, 4) is 0 Å². The highest BCUT2D eigenvalue weighted by Gasteiger charge is 2.32. The van der Waals surface area contributed by atoms with Crippen LogP contribution in [0.4, 0.5) is 18.9 Å². The van der Waals surface area contributed by atoms with E-state index in [9.17, 15) is 22.8 Å². The third-order valence-corrected chi connectivity index (χ3v) is 3.77. The lowest BCUT2D eigenvalue weighted by atomic mass is 10.1. The van der Waals surface area contributed by atoms with Crippen molar-refractivity contribution in [2.75, 3.05) is 18.9 Å². The van der Waals surface area contributed by atoms with Crippen LogP contribution in [0.1, 0.15) is 27.2 Å². The number of hydrogen-bond donors (Lipinski definition) is 1. The molecule has 0 unspecified atom stereocenters. The molecule has 0 saturated carbocycles. The number of amides is 2. The Hall–Kier alpha value is -2.90. The number of carbonyl (C=O) groups is 2. The standard InChI is InChI=1S/C18H18F3N3O2/c1-11-5-4-6-12(2)16(11)23-15(25)10-24(3)17(26)13-7-8-14(22-9-13)18(19,20)21/h4-9H,10H2,1-3H3,(H,23,25). The van der Waals surface area contributed by atoms with Crippen molar-refractivity contribution in [3.63, 3.8) is 0 Å². The molecule has 1 aromatic heterocycles. The molecule has 0 aliphatic carbocycles. The van der Waals surface area contributed by atoms with Gasteiger partial charge in [-0.1, -0.05) is 18.2 Å². The highest BCUT2D eigenvalue weighted by molar-refractivity contribution is 5.99. The maximum atomic E-state index is 12.5. The van der Waals surface area contributed by atoms with Crippen molar-refractivity contribution < 1.29 is 22.8 Å². The van der Waals surface area contributed by atoms with Crippen molar-refractivity contribution in [1.29, 1.82) is 0 Å². The van der Waals surface area contributed by atoms with E-state index in [-0.39, 0.29) is 12.1 Å². The lowest BCUT2D eigenvalue weighted by molar-refractivity contribution is -0.141. The van der Waals surface area contributed by atoms with Crippen LogP contribution in [0, 0.1) is 13.8 Å². The second-order valence-corrected chi connectivity index (χ2v) is 5.91. The van der Waals surface area contributed by atoms with Gasteiger partial charge in [0.25, 0.3) is 5.91 Å². The van der Waals surface area contributed by atoms with E-state index in [4.69, 9.17) is 0 Å². The third-order valence-electron chi connectivity index (χ3n) is 3.77. The Morgan fingerprint density at radius 3 is 2.23 bits per heavy atom. The summed E-state index contributed by atoms with van der Waals surface area (Å²) in [5, 5.41) is 2.75. The molecule has 5 nitrogen and oxygen atoms in total. The van der Waals surface area contributed by atoms with Gasteiger partial charge in [-0.05, 0) is 37.1 Å². The van der Waals surface area contributed by atoms with E-state index in [1.165, 1.54) is 7.05 Å². The molecule has 1 aromatic carbocycles. The van der Waals surface area contributed by atoms with Gasteiger partial charge in [-0.2, -0.15) is 13.2 Å². The van der Waals surface area contributed by atoms with Gasteiger partial charge in [0.15, 0.2) is 0 Å². The Morgan fingerprint density at radius 2 is 1.73 bits per heavy atom. The van der Waals surface area contributed by atoms with E-state index < -0.39 is 23.7 Å². The zero-order valence-corrected chi connectivity index (χ0v) is 14.5. The second-order valence-electron chi connectivity index (χ2n) is 5.91. The summed E-state index contributed by atoms with van der Waals surface area (Å²) in [5.41, 5.74) is 1.35. The monoisotopic (exact) mass is 365 g/mol. The average molecular weight is 365 g/mol. The highest BCUT2D eigenvalue weighted by atomic mass is 19.4. The van der Waals surface area contributed by atoms with Gasteiger partial charge >= 0.3 is 6.18 Å². The quantitative estimate of drug-likeness (QED) is 0.903. The summed E-state index contributed by atoms with van der Waals surface area (Å²) >= 11 is 0. The van der Waals surface area contributed by atoms with E-state index in [1.807, 2.05) is 32.0 Å². The molecule has 1 N–H and O–H groups in total. The van der Waals surface area contributed by atoms with Crippen LogP contribution in [-0.4, -0.2) is 35.3 Å². The number of pyridine rings is 1. The summed E-state index contributed by atoms with van der Waals surface area (Å²) in [7, 11) is 1.39. The molecule has 0 radical (unpaired) electrons. The molecular weight excluding hydrogens is 347 g/mol. The molecule has 26 heavy (non-hydrogen) atoms. The molecule has 0 spiro atoms. The molecule has 0 atom stereocenters. The van der Waals surface area contributed by atoms with Gasteiger partial charge in [0, 0.05) is 18.9 Å². The van der Waals surface area contributed by atoms with E-state index >= 15 is 0 Å². The first-order valence-electron chi connectivity index (χ1n) is 7.74. The normalized spacial score (nSPS) is 11.2. The lowest BCUT2D eigenvalue weighted by Gasteiger charge is -2.18. The summed E-state index contributed by atoms with van der Waals surface area (Å²) in [4.78, 5) is 28.8. The fourth-order valence-corrected chi connectivity index (χ4v) is 2.39. The molecule has 2 aromatic rings. The van der Waals surface area contributed by atoms with Crippen LogP contribution in [0.2, 0.25) is 0 Å². The number of alkyl halides is 3. The Kier molecular flexibility index (Phi) is 5.64. The predicted molar refractivity (Wildman–Crippen MR) is 90.7 cm³/mol. The minimum absolute atomic E-state index is 0.0274. The van der Waals surface area contributed by atoms with Crippen molar-refractivity contribution >= 4 is 17.5 Å². The molecule has 0 bridgehead atoms. The minimum Gasteiger partial charge on any atom is -0.332 e. The largest absolute Gasteiger partial charge is 0.433 e. The fraction of sp³-hybridized carbons (Fsp3) is 0.278. The Labute approximate surface area is 148 Å². The van der Waals surface area contributed by atoms with Crippen molar-refractivity contribution in [3.05, 3.63) is 58.9 Å². The first-order valence-corrected chi connectivity index (χ1v) is 7.74. The van der Waals surface area contributed by atoms with Gasteiger partial charge < -0.3 is 10.2 Å². The SMILES string of the molecule is Cc1cccc(C)c1NC(=O)CN(C)C(=O)c1ccc(C(F)(F)F)nc1. The van der Waals surface area contributed by atoms with Gasteiger partial charge in [-0.25, -0.2) is 0 Å². The number of likely N-dealkylation sites (N-methyl/N-ethyl adjacent to an activating group) is 1. The molecule has 138 valence electrons. The number of nitrogens with one attached hydrogen (secondary N) is 1. The first kappa shape index (κ1) is 19.4. The summed E-state index contributed by atoms with van der Waals surface area (Å²) in [6.07, 6.45) is -3.72. The number of carbonyl (C=O) groups excluding carboxylic acids is 2. The van der Waals surface area contributed by atoms with E-state index in [2.05, 4.69) is 10.3 Å². The zero-order valence-electron chi connectivity index (χ0n) is 14.5. The number of rotatable bonds is 4. The molecule has 0 fully saturated rings. The van der Waals surface area contributed by atoms with Crippen LogP contribution in [-0.2, 0) is 11.0 Å². The number of anilines is 1. The number of nitrogens with zero attached hydrogens (tertiary/aromatic N) is 2.